The van der Waals surface area contributed by atoms with Crippen molar-refractivity contribution in [1.29, 1.82) is 0 Å². The average Bonchev–Trinajstić information content (AvgIpc) is 2.39. The second-order valence-corrected chi connectivity index (χ2v) is 6.57. The quantitative estimate of drug-likeness (QED) is 0.878. The number of phenolic OH excluding ortho intramolecular Hbond substituents is 1. The molecular weight excluding hydrogens is 266 g/mol. The van der Waals surface area contributed by atoms with E-state index in [4.69, 9.17) is 4.74 Å². The van der Waals surface area contributed by atoms with Gasteiger partial charge in [0, 0.05) is 19.3 Å². The van der Waals surface area contributed by atoms with Crippen molar-refractivity contribution in [2.75, 3.05) is 13.2 Å². The van der Waals surface area contributed by atoms with E-state index in [0.29, 0.717) is 19.1 Å². The molecule has 1 aliphatic rings. The first-order valence-corrected chi connectivity index (χ1v) is 7.86. The van der Waals surface area contributed by atoms with E-state index in [1.54, 1.807) is 0 Å². The number of sulfonamides is 1. The smallest absolute Gasteiger partial charge is 0.240 e. The first-order chi connectivity index (χ1) is 8.99. The monoisotopic (exact) mass is 285 g/mol. The Kier molecular flexibility index (Phi) is 4.44. The molecule has 1 unspecified atom stereocenters. The standard InChI is InChI=1S/C13H19NO4S/c1-10(11-5-7-18-8-6-11)14-19(16,17)13-4-2-3-12(15)9-13/h2-4,9-11,14-15H,5-8H2,1H3. The first-order valence-electron chi connectivity index (χ1n) is 6.38. The van der Waals surface area contributed by atoms with E-state index in [-0.39, 0.29) is 16.7 Å². The predicted octanol–water partition coefficient (Wildman–Crippen LogP) is 1.49. The largest absolute Gasteiger partial charge is 0.508 e. The molecule has 1 heterocycles. The molecule has 19 heavy (non-hydrogen) atoms. The van der Waals surface area contributed by atoms with Gasteiger partial charge >= 0.3 is 0 Å². The Bertz CT molecular complexity index is 523. The van der Waals surface area contributed by atoms with Crippen molar-refractivity contribution in [3.8, 4) is 5.75 Å². The molecule has 1 aromatic rings. The molecule has 0 aliphatic carbocycles. The fourth-order valence-corrected chi connectivity index (χ4v) is 3.63. The molecular formula is C13H19NO4S. The highest BCUT2D eigenvalue weighted by atomic mass is 32.2. The number of aromatic hydroxyl groups is 1. The van der Waals surface area contributed by atoms with Crippen LogP contribution in [0.15, 0.2) is 29.2 Å². The Morgan fingerprint density at radius 2 is 2.05 bits per heavy atom. The summed E-state index contributed by atoms with van der Waals surface area (Å²) in [5.74, 6) is 0.238. The Morgan fingerprint density at radius 1 is 1.37 bits per heavy atom. The van der Waals surface area contributed by atoms with Gasteiger partial charge < -0.3 is 9.84 Å². The van der Waals surface area contributed by atoms with E-state index in [1.807, 2.05) is 6.92 Å². The van der Waals surface area contributed by atoms with E-state index >= 15 is 0 Å². The van der Waals surface area contributed by atoms with E-state index in [9.17, 15) is 13.5 Å². The molecule has 0 amide bonds. The summed E-state index contributed by atoms with van der Waals surface area (Å²) in [6.45, 7) is 3.24. The number of hydrogen-bond donors (Lipinski definition) is 2. The highest BCUT2D eigenvalue weighted by Gasteiger charge is 2.25. The van der Waals surface area contributed by atoms with Crippen molar-refractivity contribution in [3.63, 3.8) is 0 Å². The molecule has 0 saturated carbocycles. The van der Waals surface area contributed by atoms with Crippen molar-refractivity contribution in [2.24, 2.45) is 5.92 Å². The Labute approximate surface area is 113 Å². The lowest BCUT2D eigenvalue weighted by atomic mass is 9.94. The van der Waals surface area contributed by atoms with E-state index in [2.05, 4.69) is 4.72 Å². The van der Waals surface area contributed by atoms with Gasteiger partial charge in [-0.1, -0.05) is 6.07 Å². The first kappa shape index (κ1) is 14.3. The molecule has 1 saturated heterocycles. The minimum Gasteiger partial charge on any atom is -0.508 e. The number of ether oxygens (including phenoxy) is 1. The van der Waals surface area contributed by atoms with Gasteiger partial charge in [-0.05, 0) is 43.9 Å². The van der Waals surface area contributed by atoms with Gasteiger partial charge in [-0.15, -0.1) is 0 Å². The summed E-state index contributed by atoms with van der Waals surface area (Å²) < 4.78 is 32.3. The number of nitrogens with one attached hydrogen (secondary N) is 1. The molecule has 0 radical (unpaired) electrons. The summed E-state index contributed by atoms with van der Waals surface area (Å²) in [4.78, 5) is 0.0893. The summed E-state index contributed by atoms with van der Waals surface area (Å²) in [7, 11) is -3.58. The maximum Gasteiger partial charge on any atom is 0.240 e. The van der Waals surface area contributed by atoms with E-state index < -0.39 is 10.0 Å². The van der Waals surface area contributed by atoms with Crippen LogP contribution in [-0.2, 0) is 14.8 Å². The third-order valence-corrected chi connectivity index (χ3v) is 5.00. The van der Waals surface area contributed by atoms with Crippen molar-refractivity contribution in [3.05, 3.63) is 24.3 Å². The number of hydrogen-bond acceptors (Lipinski definition) is 4. The molecule has 0 aromatic heterocycles. The zero-order valence-corrected chi connectivity index (χ0v) is 11.7. The topological polar surface area (TPSA) is 75.6 Å². The van der Waals surface area contributed by atoms with E-state index in [1.165, 1.54) is 24.3 Å². The second kappa shape index (κ2) is 5.90. The van der Waals surface area contributed by atoms with Gasteiger partial charge in [0.05, 0.1) is 4.90 Å². The Balaban J connectivity index is 2.08. The van der Waals surface area contributed by atoms with Gasteiger partial charge in [0.2, 0.25) is 10.0 Å². The SMILES string of the molecule is CC(NS(=O)(=O)c1cccc(O)c1)C1CCOCC1. The van der Waals surface area contributed by atoms with Crippen molar-refractivity contribution < 1.29 is 18.3 Å². The van der Waals surface area contributed by atoms with Crippen LogP contribution in [0.5, 0.6) is 5.75 Å². The van der Waals surface area contributed by atoms with Crippen LogP contribution >= 0.6 is 0 Å². The van der Waals surface area contributed by atoms with Crippen LogP contribution in [0, 0.1) is 5.92 Å². The minimum atomic E-state index is -3.58. The highest BCUT2D eigenvalue weighted by Crippen LogP contribution is 2.21. The van der Waals surface area contributed by atoms with Gasteiger partial charge in [-0.25, -0.2) is 13.1 Å². The van der Waals surface area contributed by atoms with Crippen LogP contribution < -0.4 is 4.72 Å². The molecule has 2 N–H and O–H groups in total. The third kappa shape index (κ3) is 3.68. The minimum absolute atomic E-state index is 0.0541. The van der Waals surface area contributed by atoms with Crippen molar-refractivity contribution in [1.82, 2.24) is 4.72 Å². The zero-order chi connectivity index (χ0) is 13.9. The molecule has 2 rings (SSSR count). The zero-order valence-electron chi connectivity index (χ0n) is 10.9. The van der Waals surface area contributed by atoms with Crippen molar-refractivity contribution in [2.45, 2.75) is 30.7 Å². The molecule has 1 aliphatic heterocycles. The van der Waals surface area contributed by atoms with Crippen LogP contribution in [0.3, 0.4) is 0 Å². The number of benzene rings is 1. The van der Waals surface area contributed by atoms with Crippen LogP contribution in [0.1, 0.15) is 19.8 Å². The second-order valence-electron chi connectivity index (χ2n) is 4.86. The third-order valence-electron chi connectivity index (χ3n) is 3.44. The summed E-state index contributed by atoms with van der Waals surface area (Å²) >= 11 is 0. The normalized spacial score (nSPS) is 19.2. The fraction of sp³-hybridized carbons (Fsp3) is 0.538. The lowest BCUT2D eigenvalue weighted by Crippen LogP contribution is -2.40. The summed E-state index contributed by atoms with van der Waals surface area (Å²) in [5, 5.41) is 9.35. The predicted molar refractivity (Wildman–Crippen MR) is 71.4 cm³/mol. The number of rotatable bonds is 4. The molecule has 1 fully saturated rings. The molecule has 0 spiro atoms. The van der Waals surface area contributed by atoms with Gasteiger partial charge in [0.15, 0.2) is 0 Å². The Morgan fingerprint density at radius 3 is 2.68 bits per heavy atom. The molecule has 1 atom stereocenters. The lowest BCUT2D eigenvalue weighted by molar-refractivity contribution is 0.0585. The van der Waals surface area contributed by atoms with Crippen LogP contribution in [0.25, 0.3) is 0 Å². The average molecular weight is 285 g/mol. The van der Waals surface area contributed by atoms with Crippen LogP contribution in [0.2, 0.25) is 0 Å². The molecule has 6 heteroatoms. The number of phenols is 1. The van der Waals surface area contributed by atoms with Crippen molar-refractivity contribution >= 4 is 10.0 Å². The van der Waals surface area contributed by atoms with Gasteiger partial charge in [0.1, 0.15) is 5.75 Å². The van der Waals surface area contributed by atoms with E-state index in [0.717, 1.165) is 12.8 Å². The molecule has 5 nitrogen and oxygen atoms in total. The van der Waals surface area contributed by atoms with Gasteiger partial charge in [-0.3, -0.25) is 0 Å². The van der Waals surface area contributed by atoms with Crippen LogP contribution in [0.4, 0.5) is 0 Å². The maximum atomic E-state index is 12.2. The van der Waals surface area contributed by atoms with Gasteiger partial charge in [-0.2, -0.15) is 0 Å². The van der Waals surface area contributed by atoms with Gasteiger partial charge in [0.25, 0.3) is 0 Å². The highest BCUT2D eigenvalue weighted by molar-refractivity contribution is 7.89. The lowest BCUT2D eigenvalue weighted by Gasteiger charge is -2.28. The Hall–Kier alpha value is -1.11. The van der Waals surface area contributed by atoms with Crippen LogP contribution in [-0.4, -0.2) is 32.8 Å². The molecule has 106 valence electrons. The summed E-state index contributed by atoms with van der Waals surface area (Å²) in [6, 6.07) is 5.54. The molecule has 0 bridgehead atoms. The summed E-state index contributed by atoms with van der Waals surface area (Å²) in [5.41, 5.74) is 0. The molecule has 1 aromatic carbocycles. The summed E-state index contributed by atoms with van der Waals surface area (Å²) in [6.07, 6.45) is 1.73. The maximum absolute atomic E-state index is 12.2. The fourth-order valence-electron chi connectivity index (χ4n) is 2.28.